The summed E-state index contributed by atoms with van der Waals surface area (Å²) in [4.78, 5) is 26.6. The summed E-state index contributed by atoms with van der Waals surface area (Å²) in [6.07, 6.45) is 9.02. The Hall–Kier alpha value is -2.45. The number of rotatable bonds is 3. The van der Waals surface area contributed by atoms with E-state index >= 15 is 0 Å². The highest BCUT2D eigenvalue weighted by molar-refractivity contribution is 6.00. The summed E-state index contributed by atoms with van der Waals surface area (Å²) in [5.74, 6) is 1.54. The fourth-order valence-corrected chi connectivity index (χ4v) is 1.65. The average Bonchev–Trinajstić information content (AvgIpc) is 2.45. The summed E-state index contributed by atoms with van der Waals surface area (Å²) >= 11 is 0. The first-order chi connectivity index (χ1) is 8.81. The summed E-state index contributed by atoms with van der Waals surface area (Å²) in [6, 6.07) is 3.68. The molecule has 90 valence electrons. The number of allylic oxidation sites excluding steroid dienone is 3. The smallest absolute Gasteiger partial charge is 0.252 e. The van der Waals surface area contributed by atoms with Gasteiger partial charge in [0, 0.05) is 25.4 Å². The number of nitrogens with one attached hydrogen (secondary N) is 1. The zero-order valence-electron chi connectivity index (χ0n) is 9.72. The molecule has 0 bridgehead atoms. The Morgan fingerprint density at radius 3 is 3.11 bits per heavy atom. The van der Waals surface area contributed by atoms with Crippen molar-refractivity contribution < 1.29 is 9.59 Å². The number of hydrogen-bond acceptors (Lipinski definition) is 3. The molecule has 0 saturated carbocycles. The maximum atomic E-state index is 11.9. The predicted octanol–water partition coefficient (Wildman–Crippen LogP) is 1.34. The van der Waals surface area contributed by atoms with Gasteiger partial charge in [0.25, 0.3) is 5.91 Å². The first-order valence-corrected chi connectivity index (χ1v) is 5.59. The molecule has 0 aromatic carbocycles. The van der Waals surface area contributed by atoms with Gasteiger partial charge < -0.3 is 5.32 Å². The number of nitrogens with zero attached hydrogens (tertiary/aromatic N) is 1. The van der Waals surface area contributed by atoms with Crippen LogP contribution in [0.1, 0.15) is 12.0 Å². The highest BCUT2D eigenvalue weighted by Crippen LogP contribution is 2.16. The third kappa shape index (κ3) is 2.81. The van der Waals surface area contributed by atoms with Crippen LogP contribution in [0.3, 0.4) is 0 Å². The minimum Gasteiger partial charge on any atom is -0.348 e. The van der Waals surface area contributed by atoms with E-state index in [0.29, 0.717) is 24.1 Å². The van der Waals surface area contributed by atoms with Crippen molar-refractivity contribution in [3.05, 3.63) is 59.5 Å². The van der Waals surface area contributed by atoms with E-state index in [9.17, 15) is 9.59 Å². The van der Waals surface area contributed by atoms with Crippen molar-refractivity contribution in [2.24, 2.45) is 0 Å². The predicted molar refractivity (Wildman–Crippen MR) is 67.1 cm³/mol. The van der Waals surface area contributed by atoms with Crippen LogP contribution in [0, 0.1) is 0 Å². The topological polar surface area (TPSA) is 59.1 Å². The van der Waals surface area contributed by atoms with E-state index in [1.54, 1.807) is 30.6 Å². The molecule has 1 heterocycles. The molecular weight excluding hydrogens is 228 g/mol. The van der Waals surface area contributed by atoms with Gasteiger partial charge in [-0.1, -0.05) is 18.2 Å². The van der Waals surface area contributed by atoms with Gasteiger partial charge in [-0.15, -0.1) is 0 Å². The summed E-state index contributed by atoms with van der Waals surface area (Å²) in [7, 11) is 0. The zero-order chi connectivity index (χ0) is 12.8. The molecule has 0 radical (unpaired) electrons. The van der Waals surface area contributed by atoms with Crippen LogP contribution in [0.25, 0.3) is 0 Å². The Morgan fingerprint density at radius 2 is 2.39 bits per heavy atom. The van der Waals surface area contributed by atoms with Crippen molar-refractivity contribution in [2.75, 3.05) is 0 Å². The zero-order valence-corrected chi connectivity index (χ0v) is 9.72. The van der Waals surface area contributed by atoms with Crippen molar-refractivity contribution in [1.29, 1.82) is 0 Å². The van der Waals surface area contributed by atoms with Crippen molar-refractivity contribution in [3.63, 3.8) is 0 Å². The number of hydrogen-bond donors (Lipinski definition) is 1. The van der Waals surface area contributed by atoms with Crippen molar-refractivity contribution in [2.45, 2.75) is 13.0 Å². The molecule has 1 aromatic heterocycles. The van der Waals surface area contributed by atoms with Gasteiger partial charge in [-0.25, -0.2) is 4.79 Å². The molecule has 18 heavy (non-hydrogen) atoms. The monoisotopic (exact) mass is 240 g/mol. The quantitative estimate of drug-likeness (QED) is 0.811. The van der Waals surface area contributed by atoms with Gasteiger partial charge >= 0.3 is 0 Å². The van der Waals surface area contributed by atoms with Crippen LogP contribution in [-0.2, 0) is 16.1 Å². The van der Waals surface area contributed by atoms with E-state index in [4.69, 9.17) is 0 Å². The van der Waals surface area contributed by atoms with E-state index in [1.165, 1.54) is 0 Å². The van der Waals surface area contributed by atoms with Crippen LogP contribution >= 0.6 is 0 Å². The molecule has 0 fully saturated rings. The number of pyridine rings is 1. The molecule has 2 rings (SSSR count). The summed E-state index contributed by atoms with van der Waals surface area (Å²) in [6.45, 7) is 0.389. The van der Waals surface area contributed by atoms with Crippen molar-refractivity contribution in [3.8, 4) is 0 Å². The molecule has 1 aliphatic carbocycles. The summed E-state index contributed by atoms with van der Waals surface area (Å²) in [5, 5.41) is 2.75. The van der Waals surface area contributed by atoms with E-state index in [-0.39, 0.29) is 5.91 Å². The van der Waals surface area contributed by atoms with Gasteiger partial charge in [0.1, 0.15) is 5.94 Å². The fraction of sp³-hybridized carbons (Fsp3) is 0.143. The van der Waals surface area contributed by atoms with Crippen LogP contribution in [-0.4, -0.2) is 16.8 Å². The van der Waals surface area contributed by atoms with Crippen molar-refractivity contribution >= 4 is 11.8 Å². The van der Waals surface area contributed by atoms with Crippen LogP contribution in [0.2, 0.25) is 0 Å². The van der Waals surface area contributed by atoms with Gasteiger partial charge in [0.2, 0.25) is 0 Å². The lowest BCUT2D eigenvalue weighted by atomic mass is 9.99. The molecule has 4 heteroatoms. The first kappa shape index (κ1) is 12.0. The fourth-order valence-electron chi connectivity index (χ4n) is 1.65. The molecule has 1 N–H and O–H groups in total. The Bertz CT molecular complexity index is 552. The Morgan fingerprint density at radius 1 is 1.50 bits per heavy atom. The van der Waals surface area contributed by atoms with Crippen LogP contribution in [0.15, 0.2) is 53.9 Å². The van der Waals surface area contributed by atoms with Gasteiger partial charge in [-0.05, 0) is 17.7 Å². The normalized spacial score (nSPS) is 13.8. The number of carbonyl (C=O) groups excluding carboxylic acids is 2. The van der Waals surface area contributed by atoms with Crippen LogP contribution in [0.5, 0.6) is 0 Å². The van der Waals surface area contributed by atoms with E-state index in [1.807, 2.05) is 18.1 Å². The van der Waals surface area contributed by atoms with Crippen LogP contribution in [0.4, 0.5) is 0 Å². The third-order valence-corrected chi connectivity index (χ3v) is 2.59. The standard InChI is InChI=1S/C14H12N2O2/c17-10-12-5-1-2-6-13(12)14(18)16-9-11-4-3-7-15-8-11/h1-4,6-8H,5,9H2,(H,16,18). The Kier molecular flexibility index (Phi) is 3.84. The molecule has 0 aliphatic heterocycles. The third-order valence-electron chi connectivity index (χ3n) is 2.59. The first-order valence-electron chi connectivity index (χ1n) is 5.59. The molecule has 1 amide bonds. The average molecular weight is 240 g/mol. The van der Waals surface area contributed by atoms with Gasteiger partial charge in [0.05, 0.1) is 11.1 Å². The molecule has 0 saturated heterocycles. The molecule has 1 aromatic rings. The van der Waals surface area contributed by atoms with Crippen LogP contribution < -0.4 is 5.32 Å². The second-order valence-corrected chi connectivity index (χ2v) is 3.84. The molecule has 0 unspecified atom stereocenters. The second kappa shape index (κ2) is 5.75. The summed E-state index contributed by atoms with van der Waals surface area (Å²) < 4.78 is 0. The Labute approximate surface area is 105 Å². The molecule has 4 nitrogen and oxygen atoms in total. The lowest BCUT2D eigenvalue weighted by Crippen LogP contribution is -2.26. The van der Waals surface area contributed by atoms with Gasteiger partial charge in [-0.2, -0.15) is 0 Å². The highest BCUT2D eigenvalue weighted by Gasteiger charge is 2.15. The van der Waals surface area contributed by atoms with E-state index in [2.05, 4.69) is 10.3 Å². The number of aromatic nitrogens is 1. The second-order valence-electron chi connectivity index (χ2n) is 3.84. The lowest BCUT2D eigenvalue weighted by Gasteiger charge is -2.10. The number of carbonyl (C=O) groups is 1. The molecular formula is C14H12N2O2. The number of amides is 1. The molecule has 1 aliphatic rings. The van der Waals surface area contributed by atoms with Crippen molar-refractivity contribution in [1.82, 2.24) is 10.3 Å². The SMILES string of the molecule is O=C=C1CC=CC=C1C(=O)NCc1cccnc1. The maximum Gasteiger partial charge on any atom is 0.252 e. The highest BCUT2D eigenvalue weighted by atomic mass is 16.1. The van der Waals surface area contributed by atoms with Gasteiger partial charge in [0.15, 0.2) is 0 Å². The van der Waals surface area contributed by atoms with Gasteiger partial charge in [-0.3, -0.25) is 9.78 Å². The largest absolute Gasteiger partial charge is 0.348 e. The minimum atomic E-state index is -0.262. The van der Waals surface area contributed by atoms with E-state index in [0.717, 1.165) is 5.56 Å². The summed E-state index contributed by atoms with van der Waals surface area (Å²) in [5.41, 5.74) is 1.69. The Balaban J connectivity index is 2.02. The maximum absolute atomic E-state index is 11.9. The molecule has 0 atom stereocenters. The van der Waals surface area contributed by atoms with E-state index < -0.39 is 0 Å². The lowest BCUT2D eigenvalue weighted by molar-refractivity contribution is -0.117. The minimum absolute atomic E-state index is 0.262. The molecule has 0 spiro atoms.